The molecule has 0 unspecified atom stereocenters. The van der Waals surface area contributed by atoms with Crippen molar-refractivity contribution in [3.8, 4) is 11.5 Å². The van der Waals surface area contributed by atoms with E-state index in [1.54, 1.807) is 18.2 Å². The van der Waals surface area contributed by atoms with Crippen LogP contribution in [0.3, 0.4) is 0 Å². The first-order chi connectivity index (χ1) is 7.70. The summed E-state index contributed by atoms with van der Waals surface area (Å²) in [7, 11) is 1.48. The zero-order valence-corrected chi connectivity index (χ0v) is 8.90. The molecule has 1 aromatic rings. The van der Waals surface area contributed by atoms with Gasteiger partial charge >= 0.3 is 5.97 Å². The van der Waals surface area contributed by atoms with Crippen LogP contribution in [0, 0.1) is 0 Å². The summed E-state index contributed by atoms with van der Waals surface area (Å²) < 4.78 is 9.81. The smallest absolute Gasteiger partial charge is 0.334 e. The van der Waals surface area contributed by atoms with Crippen LogP contribution in [-0.4, -0.2) is 24.8 Å². The lowest BCUT2D eigenvalue weighted by molar-refractivity contribution is -0.134. The van der Waals surface area contributed by atoms with E-state index in [4.69, 9.17) is 9.47 Å². The number of hydrogen-bond donors (Lipinski definition) is 1. The van der Waals surface area contributed by atoms with Gasteiger partial charge in [-0.15, -0.1) is 0 Å². The molecule has 0 amide bonds. The van der Waals surface area contributed by atoms with Gasteiger partial charge in [-0.2, -0.15) is 0 Å². The van der Waals surface area contributed by atoms with E-state index in [1.807, 2.05) is 0 Å². The Hall–Kier alpha value is -1.97. The summed E-state index contributed by atoms with van der Waals surface area (Å²) >= 11 is 0. The van der Waals surface area contributed by atoms with Gasteiger partial charge in [0, 0.05) is 12.0 Å². The van der Waals surface area contributed by atoms with Crippen LogP contribution in [0.4, 0.5) is 0 Å². The molecule has 16 heavy (non-hydrogen) atoms. The number of aromatic hydroxyl groups is 1. The van der Waals surface area contributed by atoms with Crippen LogP contribution in [-0.2, 0) is 9.53 Å². The molecule has 0 atom stereocenters. The van der Waals surface area contributed by atoms with Crippen molar-refractivity contribution in [1.82, 2.24) is 0 Å². The van der Waals surface area contributed by atoms with Crippen molar-refractivity contribution in [3.05, 3.63) is 29.3 Å². The van der Waals surface area contributed by atoms with Gasteiger partial charge in [-0.3, -0.25) is 0 Å². The normalized spacial score (nSPS) is 17.6. The molecule has 2 rings (SSSR count). The number of benzene rings is 1. The van der Waals surface area contributed by atoms with Gasteiger partial charge in [0.25, 0.3) is 0 Å². The molecular weight excluding hydrogens is 208 g/mol. The molecule has 0 radical (unpaired) electrons. The van der Waals surface area contributed by atoms with E-state index in [0.717, 1.165) is 5.56 Å². The highest BCUT2D eigenvalue weighted by atomic mass is 16.5. The predicted octanol–water partition coefficient (Wildman–Crippen LogP) is 1.73. The van der Waals surface area contributed by atoms with Crippen molar-refractivity contribution in [3.63, 3.8) is 0 Å². The van der Waals surface area contributed by atoms with Crippen LogP contribution in [0.15, 0.2) is 23.8 Å². The number of phenolic OH excluding ortho intramolecular Hbond substituents is 1. The number of methoxy groups -OCH3 is 1. The number of rotatable bonds is 2. The zero-order valence-electron chi connectivity index (χ0n) is 8.90. The van der Waals surface area contributed by atoms with Gasteiger partial charge in [0.1, 0.15) is 0 Å². The minimum atomic E-state index is -0.271. The van der Waals surface area contributed by atoms with Gasteiger partial charge in [-0.1, -0.05) is 6.07 Å². The number of ether oxygens (including phenoxy) is 2. The van der Waals surface area contributed by atoms with Crippen LogP contribution >= 0.6 is 0 Å². The second-order valence-electron chi connectivity index (χ2n) is 3.49. The van der Waals surface area contributed by atoms with E-state index in [-0.39, 0.29) is 11.7 Å². The Labute approximate surface area is 93.1 Å². The molecule has 4 nitrogen and oxygen atoms in total. The molecule has 1 saturated heterocycles. The van der Waals surface area contributed by atoms with Crippen molar-refractivity contribution >= 4 is 12.0 Å². The van der Waals surface area contributed by atoms with Crippen LogP contribution in [0.5, 0.6) is 11.5 Å². The Bertz CT molecular complexity index is 448. The third-order valence-corrected chi connectivity index (χ3v) is 2.41. The quantitative estimate of drug-likeness (QED) is 0.609. The van der Waals surface area contributed by atoms with Crippen molar-refractivity contribution in [2.24, 2.45) is 0 Å². The number of esters is 1. The Kier molecular flexibility index (Phi) is 2.81. The fourth-order valence-corrected chi connectivity index (χ4v) is 1.56. The van der Waals surface area contributed by atoms with Gasteiger partial charge in [-0.05, 0) is 23.8 Å². The SMILES string of the molecule is COc1cc(/C=C2/CCOC2=O)ccc1O. The summed E-state index contributed by atoms with van der Waals surface area (Å²) in [4.78, 5) is 11.2. The molecule has 1 heterocycles. The Morgan fingerprint density at radius 2 is 2.31 bits per heavy atom. The first-order valence-electron chi connectivity index (χ1n) is 4.95. The number of carbonyl (C=O) groups is 1. The minimum Gasteiger partial charge on any atom is -0.504 e. The van der Waals surface area contributed by atoms with Gasteiger partial charge in [-0.25, -0.2) is 4.79 Å². The average Bonchev–Trinajstić information content (AvgIpc) is 2.67. The third-order valence-electron chi connectivity index (χ3n) is 2.41. The zero-order chi connectivity index (χ0) is 11.5. The van der Waals surface area contributed by atoms with E-state index in [2.05, 4.69) is 0 Å². The molecule has 1 fully saturated rings. The van der Waals surface area contributed by atoms with E-state index in [9.17, 15) is 9.90 Å². The molecule has 1 aromatic carbocycles. The van der Waals surface area contributed by atoms with Crippen molar-refractivity contribution in [1.29, 1.82) is 0 Å². The molecule has 1 N–H and O–H groups in total. The van der Waals surface area contributed by atoms with Gasteiger partial charge in [0.05, 0.1) is 13.7 Å². The monoisotopic (exact) mass is 220 g/mol. The molecule has 4 heteroatoms. The largest absolute Gasteiger partial charge is 0.504 e. The summed E-state index contributed by atoms with van der Waals surface area (Å²) in [5.41, 5.74) is 1.45. The third kappa shape index (κ3) is 2.00. The molecule has 0 aliphatic carbocycles. The molecular formula is C12H12O4. The summed E-state index contributed by atoms with van der Waals surface area (Å²) in [5, 5.41) is 9.41. The summed E-state index contributed by atoms with van der Waals surface area (Å²) in [5.74, 6) is 0.200. The maximum absolute atomic E-state index is 11.2. The van der Waals surface area contributed by atoms with Crippen molar-refractivity contribution in [2.75, 3.05) is 13.7 Å². The highest BCUT2D eigenvalue weighted by Crippen LogP contribution is 2.28. The van der Waals surface area contributed by atoms with Crippen molar-refractivity contribution < 1.29 is 19.4 Å². The number of carbonyl (C=O) groups excluding carboxylic acids is 1. The van der Waals surface area contributed by atoms with Crippen LogP contribution in [0.25, 0.3) is 6.08 Å². The molecule has 0 spiro atoms. The lowest BCUT2D eigenvalue weighted by atomic mass is 10.1. The molecule has 0 aromatic heterocycles. The lowest BCUT2D eigenvalue weighted by Gasteiger charge is -2.03. The van der Waals surface area contributed by atoms with Crippen LogP contribution in [0.1, 0.15) is 12.0 Å². The maximum atomic E-state index is 11.2. The minimum absolute atomic E-state index is 0.0821. The van der Waals surface area contributed by atoms with Crippen LogP contribution < -0.4 is 4.74 Å². The average molecular weight is 220 g/mol. The number of hydrogen-bond acceptors (Lipinski definition) is 4. The molecule has 1 aliphatic heterocycles. The van der Waals surface area contributed by atoms with E-state index in [1.165, 1.54) is 13.2 Å². The highest BCUT2D eigenvalue weighted by molar-refractivity contribution is 5.95. The molecule has 1 aliphatic rings. The highest BCUT2D eigenvalue weighted by Gasteiger charge is 2.18. The first kappa shape index (κ1) is 10.5. The fourth-order valence-electron chi connectivity index (χ4n) is 1.56. The summed E-state index contributed by atoms with van der Waals surface area (Å²) in [6.45, 7) is 0.444. The van der Waals surface area contributed by atoms with E-state index in [0.29, 0.717) is 24.4 Å². The predicted molar refractivity (Wildman–Crippen MR) is 58.2 cm³/mol. The summed E-state index contributed by atoms with van der Waals surface area (Å²) in [6, 6.07) is 4.93. The Morgan fingerprint density at radius 3 is 2.94 bits per heavy atom. The fraction of sp³-hybridized carbons (Fsp3) is 0.250. The van der Waals surface area contributed by atoms with E-state index < -0.39 is 0 Å². The molecule has 84 valence electrons. The Morgan fingerprint density at radius 1 is 1.50 bits per heavy atom. The second-order valence-corrected chi connectivity index (χ2v) is 3.49. The van der Waals surface area contributed by atoms with Gasteiger partial charge < -0.3 is 14.6 Å². The standard InChI is InChI=1S/C12H12O4/c1-15-11-7-8(2-3-10(11)13)6-9-4-5-16-12(9)14/h2-3,6-7,13H,4-5H2,1H3/b9-6-. The first-order valence-corrected chi connectivity index (χ1v) is 4.95. The lowest BCUT2D eigenvalue weighted by Crippen LogP contribution is -1.94. The second kappa shape index (κ2) is 4.26. The maximum Gasteiger partial charge on any atom is 0.334 e. The van der Waals surface area contributed by atoms with E-state index >= 15 is 0 Å². The van der Waals surface area contributed by atoms with Gasteiger partial charge in [0.2, 0.25) is 0 Å². The van der Waals surface area contributed by atoms with Crippen LogP contribution in [0.2, 0.25) is 0 Å². The number of cyclic esters (lactones) is 1. The molecule has 0 bridgehead atoms. The van der Waals surface area contributed by atoms with Gasteiger partial charge in [0.15, 0.2) is 11.5 Å². The summed E-state index contributed by atoms with van der Waals surface area (Å²) in [6.07, 6.45) is 2.37. The topological polar surface area (TPSA) is 55.8 Å². The molecule has 0 saturated carbocycles. The Balaban J connectivity index is 2.31. The van der Waals surface area contributed by atoms with Crippen molar-refractivity contribution in [2.45, 2.75) is 6.42 Å². The number of phenols is 1.